The number of rotatable bonds is 6. The monoisotopic (exact) mass is 293 g/mol. The maximum atomic E-state index is 10.7. The van der Waals surface area contributed by atoms with E-state index in [4.69, 9.17) is 5.73 Å². The number of hydrogen-bond donors (Lipinski definition) is 4. The Kier molecular flexibility index (Phi) is 6.18. The summed E-state index contributed by atoms with van der Waals surface area (Å²) in [6.45, 7) is 8.94. The van der Waals surface area contributed by atoms with Gasteiger partial charge in [0.1, 0.15) is 0 Å². The van der Waals surface area contributed by atoms with Crippen LogP contribution in [-0.2, 0) is 0 Å². The minimum absolute atomic E-state index is 0.117. The van der Waals surface area contributed by atoms with Crippen LogP contribution < -0.4 is 16.4 Å². The highest BCUT2D eigenvalue weighted by molar-refractivity contribution is 5.87. The van der Waals surface area contributed by atoms with Crippen molar-refractivity contribution in [2.45, 2.75) is 46.3 Å². The van der Waals surface area contributed by atoms with Gasteiger partial charge in [0.2, 0.25) is 0 Å². The number of hydrogen-bond acceptors (Lipinski definition) is 3. The first-order valence-corrected chi connectivity index (χ1v) is 7.25. The van der Waals surface area contributed by atoms with Crippen molar-refractivity contribution in [1.29, 1.82) is 0 Å². The number of anilines is 1. The van der Waals surface area contributed by atoms with Crippen molar-refractivity contribution in [3.63, 3.8) is 0 Å². The van der Waals surface area contributed by atoms with Crippen LogP contribution in [-0.4, -0.2) is 23.8 Å². The quantitative estimate of drug-likeness (QED) is 0.650. The molecule has 0 fully saturated rings. The molecule has 0 aliphatic rings. The second kappa shape index (κ2) is 7.43. The van der Waals surface area contributed by atoms with Crippen LogP contribution in [0.5, 0.6) is 0 Å². The molecule has 1 rings (SSSR count). The molecule has 2 unspecified atom stereocenters. The highest BCUT2D eigenvalue weighted by Crippen LogP contribution is 2.21. The summed E-state index contributed by atoms with van der Waals surface area (Å²) >= 11 is 0. The molecule has 0 saturated heterocycles. The number of carbonyl (C=O) groups is 1. The Morgan fingerprint density at radius 2 is 1.86 bits per heavy atom. The van der Waals surface area contributed by atoms with E-state index in [1.807, 2.05) is 31.2 Å². The van der Waals surface area contributed by atoms with Gasteiger partial charge in [-0.2, -0.15) is 0 Å². The number of amides is 2. The molecule has 5 heteroatoms. The fraction of sp³-hybridized carbons (Fsp3) is 0.562. The SMILES string of the molecule is CC(NCC(O)CC(C)(C)C)c1ccc(NC(N)=O)cc1. The van der Waals surface area contributed by atoms with Crippen LogP contribution in [0.25, 0.3) is 0 Å². The van der Waals surface area contributed by atoms with E-state index in [1.165, 1.54) is 0 Å². The molecule has 0 bridgehead atoms. The molecule has 2 amide bonds. The number of nitrogens with one attached hydrogen (secondary N) is 2. The number of carbonyl (C=O) groups excluding carboxylic acids is 1. The van der Waals surface area contributed by atoms with E-state index in [0.29, 0.717) is 12.2 Å². The molecule has 118 valence electrons. The number of aliphatic hydroxyl groups excluding tert-OH is 1. The van der Waals surface area contributed by atoms with Gasteiger partial charge in [-0.15, -0.1) is 0 Å². The summed E-state index contributed by atoms with van der Waals surface area (Å²) in [6, 6.07) is 7.03. The molecule has 1 aromatic carbocycles. The van der Waals surface area contributed by atoms with Crippen molar-refractivity contribution in [3.8, 4) is 0 Å². The summed E-state index contributed by atoms with van der Waals surface area (Å²) in [5.41, 5.74) is 6.94. The zero-order valence-corrected chi connectivity index (χ0v) is 13.3. The zero-order valence-electron chi connectivity index (χ0n) is 13.3. The van der Waals surface area contributed by atoms with E-state index < -0.39 is 6.03 Å². The molecule has 0 saturated carbocycles. The van der Waals surface area contributed by atoms with Crippen molar-refractivity contribution in [2.24, 2.45) is 11.1 Å². The largest absolute Gasteiger partial charge is 0.392 e. The lowest BCUT2D eigenvalue weighted by Gasteiger charge is -2.24. The highest BCUT2D eigenvalue weighted by Gasteiger charge is 2.17. The van der Waals surface area contributed by atoms with Crippen LogP contribution in [0.3, 0.4) is 0 Å². The summed E-state index contributed by atoms with van der Waals surface area (Å²) in [5.74, 6) is 0. The first-order chi connectivity index (χ1) is 9.67. The number of benzene rings is 1. The molecule has 2 atom stereocenters. The number of primary amides is 1. The maximum Gasteiger partial charge on any atom is 0.316 e. The lowest BCUT2D eigenvalue weighted by atomic mass is 9.89. The maximum absolute atomic E-state index is 10.7. The van der Waals surface area contributed by atoms with Gasteiger partial charge >= 0.3 is 6.03 Å². The number of aliphatic hydroxyl groups is 1. The van der Waals surface area contributed by atoms with Crippen LogP contribution in [0, 0.1) is 5.41 Å². The average molecular weight is 293 g/mol. The van der Waals surface area contributed by atoms with E-state index in [-0.39, 0.29) is 17.6 Å². The molecule has 0 radical (unpaired) electrons. The fourth-order valence-electron chi connectivity index (χ4n) is 2.21. The highest BCUT2D eigenvalue weighted by atomic mass is 16.3. The predicted molar refractivity (Wildman–Crippen MR) is 86.1 cm³/mol. The first kappa shape index (κ1) is 17.5. The van der Waals surface area contributed by atoms with Crippen molar-refractivity contribution in [2.75, 3.05) is 11.9 Å². The molecule has 0 aliphatic heterocycles. The van der Waals surface area contributed by atoms with Crippen LogP contribution in [0.2, 0.25) is 0 Å². The van der Waals surface area contributed by atoms with Crippen LogP contribution in [0.4, 0.5) is 10.5 Å². The molecule has 0 heterocycles. The van der Waals surface area contributed by atoms with Crippen molar-refractivity contribution in [3.05, 3.63) is 29.8 Å². The Hall–Kier alpha value is -1.59. The Labute approximate surface area is 126 Å². The fourth-order valence-corrected chi connectivity index (χ4v) is 2.21. The molecular weight excluding hydrogens is 266 g/mol. The third-order valence-electron chi connectivity index (χ3n) is 3.19. The molecular formula is C16H27N3O2. The van der Waals surface area contributed by atoms with Gasteiger partial charge in [-0.05, 0) is 36.5 Å². The van der Waals surface area contributed by atoms with Gasteiger partial charge in [0, 0.05) is 18.3 Å². The van der Waals surface area contributed by atoms with E-state index in [0.717, 1.165) is 12.0 Å². The molecule has 1 aromatic rings. The predicted octanol–water partition coefficient (Wildman–Crippen LogP) is 2.62. The Balaban J connectivity index is 2.48. The second-order valence-corrected chi connectivity index (χ2v) is 6.66. The molecule has 5 N–H and O–H groups in total. The normalized spacial score (nSPS) is 14.5. The standard InChI is InChI=1S/C16H27N3O2/c1-11(18-10-14(20)9-16(2,3)4)12-5-7-13(8-6-12)19-15(17)21/h5-8,11,14,18,20H,9-10H2,1-4H3,(H3,17,19,21). The smallest absolute Gasteiger partial charge is 0.316 e. The average Bonchev–Trinajstić information content (AvgIpc) is 2.34. The van der Waals surface area contributed by atoms with Gasteiger partial charge in [-0.1, -0.05) is 32.9 Å². The van der Waals surface area contributed by atoms with Crippen LogP contribution in [0.1, 0.15) is 45.7 Å². The van der Waals surface area contributed by atoms with Gasteiger partial charge in [0.25, 0.3) is 0 Å². The lowest BCUT2D eigenvalue weighted by Crippen LogP contribution is -2.31. The summed E-state index contributed by atoms with van der Waals surface area (Å²) in [6.07, 6.45) is 0.400. The third-order valence-corrected chi connectivity index (χ3v) is 3.19. The Bertz CT molecular complexity index is 452. The Morgan fingerprint density at radius 1 is 1.29 bits per heavy atom. The minimum Gasteiger partial charge on any atom is -0.392 e. The number of nitrogens with two attached hydrogens (primary N) is 1. The minimum atomic E-state index is -0.570. The molecule has 0 aromatic heterocycles. The summed E-state index contributed by atoms with van der Waals surface area (Å²) in [5, 5.41) is 15.8. The van der Waals surface area contributed by atoms with E-state index in [1.54, 1.807) is 0 Å². The van der Waals surface area contributed by atoms with E-state index in [2.05, 4.69) is 31.4 Å². The molecule has 0 aliphatic carbocycles. The second-order valence-electron chi connectivity index (χ2n) is 6.66. The van der Waals surface area contributed by atoms with Crippen molar-refractivity contribution in [1.82, 2.24) is 5.32 Å². The topological polar surface area (TPSA) is 87.4 Å². The van der Waals surface area contributed by atoms with Gasteiger partial charge in [-0.25, -0.2) is 4.79 Å². The summed E-state index contributed by atoms with van der Waals surface area (Å²) < 4.78 is 0. The molecule has 0 spiro atoms. The van der Waals surface area contributed by atoms with Gasteiger partial charge in [0.05, 0.1) is 6.10 Å². The van der Waals surface area contributed by atoms with Crippen molar-refractivity contribution >= 4 is 11.7 Å². The first-order valence-electron chi connectivity index (χ1n) is 7.25. The van der Waals surface area contributed by atoms with E-state index in [9.17, 15) is 9.90 Å². The molecule has 21 heavy (non-hydrogen) atoms. The van der Waals surface area contributed by atoms with Crippen molar-refractivity contribution < 1.29 is 9.90 Å². The van der Waals surface area contributed by atoms with Gasteiger partial charge in [0.15, 0.2) is 0 Å². The zero-order chi connectivity index (χ0) is 16.0. The summed E-state index contributed by atoms with van der Waals surface area (Å²) in [4.78, 5) is 10.7. The van der Waals surface area contributed by atoms with Crippen LogP contribution in [0.15, 0.2) is 24.3 Å². The third kappa shape index (κ3) is 7.11. The lowest BCUT2D eigenvalue weighted by molar-refractivity contribution is 0.117. The van der Waals surface area contributed by atoms with Gasteiger partial charge in [-0.3, -0.25) is 0 Å². The Morgan fingerprint density at radius 3 is 2.33 bits per heavy atom. The molecule has 5 nitrogen and oxygen atoms in total. The summed E-state index contributed by atoms with van der Waals surface area (Å²) in [7, 11) is 0. The van der Waals surface area contributed by atoms with Crippen LogP contribution >= 0.6 is 0 Å². The van der Waals surface area contributed by atoms with E-state index >= 15 is 0 Å². The van der Waals surface area contributed by atoms with Gasteiger partial charge < -0.3 is 21.5 Å². The number of urea groups is 1.